The van der Waals surface area contributed by atoms with Gasteiger partial charge in [-0.3, -0.25) is 0 Å². The van der Waals surface area contributed by atoms with Crippen LogP contribution in [0.2, 0.25) is 0 Å². The first-order chi connectivity index (χ1) is 13.3. The Morgan fingerprint density at radius 3 is 2.48 bits per heavy atom. The number of rotatable bonds is 1. The molecular formula is C25H23NS. The van der Waals surface area contributed by atoms with Crippen LogP contribution in [0.25, 0.3) is 42.0 Å². The Bertz CT molecular complexity index is 1310. The zero-order valence-corrected chi connectivity index (χ0v) is 16.5. The van der Waals surface area contributed by atoms with E-state index in [-0.39, 0.29) is 0 Å². The van der Waals surface area contributed by atoms with Crippen molar-refractivity contribution in [1.29, 1.82) is 0 Å². The van der Waals surface area contributed by atoms with Gasteiger partial charge in [0.25, 0.3) is 0 Å². The molecule has 0 aliphatic heterocycles. The van der Waals surface area contributed by atoms with Gasteiger partial charge < -0.3 is 4.57 Å². The van der Waals surface area contributed by atoms with Crippen molar-refractivity contribution in [2.24, 2.45) is 7.05 Å². The average Bonchev–Trinajstić information content (AvgIpc) is 3.24. The first-order valence-corrected chi connectivity index (χ1v) is 11.0. The molecule has 6 rings (SSSR count). The van der Waals surface area contributed by atoms with Crippen LogP contribution in [-0.4, -0.2) is 4.57 Å². The number of thiophene rings is 1. The summed E-state index contributed by atoms with van der Waals surface area (Å²) in [4.78, 5) is 0. The van der Waals surface area contributed by atoms with Gasteiger partial charge in [-0.25, -0.2) is 0 Å². The lowest BCUT2D eigenvalue weighted by molar-refractivity contribution is 0.444. The summed E-state index contributed by atoms with van der Waals surface area (Å²) in [6, 6.07) is 20.7. The summed E-state index contributed by atoms with van der Waals surface area (Å²) >= 11 is 1.94. The number of aryl methyl sites for hydroxylation is 1. The Kier molecular flexibility index (Phi) is 3.40. The molecule has 27 heavy (non-hydrogen) atoms. The Morgan fingerprint density at radius 2 is 1.59 bits per heavy atom. The quantitative estimate of drug-likeness (QED) is 0.285. The molecule has 0 atom stereocenters. The molecule has 0 unspecified atom stereocenters. The fourth-order valence-corrected chi connectivity index (χ4v) is 6.32. The SMILES string of the molecule is Cn1c2ccccc2c2c3c(ccc21)sc1ccc(C2CCCCC2)cc13. The van der Waals surface area contributed by atoms with Gasteiger partial charge in [-0.2, -0.15) is 0 Å². The van der Waals surface area contributed by atoms with E-state index < -0.39 is 0 Å². The number of hydrogen-bond acceptors (Lipinski definition) is 1. The van der Waals surface area contributed by atoms with Gasteiger partial charge in [-0.05, 0) is 54.7 Å². The summed E-state index contributed by atoms with van der Waals surface area (Å²) < 4.78 is 5.18. The summed E-state index contributed by atoms with van der Waals surface area (Å²) in [5.74, 6) is 0.754. The third-order valence-electron chi connectivity index (χ3n) is 6.61. The molecule has 2 aromatic heterocycles. The lowest BCUT2D eigenvalue weighted by atomic mass is 9.83. The standard InChI is InChI=1S/C25H23NS/c1-26-20-10-6-5-9-18(20)24-21(26)12-14-23-25(24)19-15-17(11-13-22(19)27-23)16-7-3-2-4-8-16/h5-6,9-16H,2-4,7-8H2,1H3. The van der Waals surface area contributed by atoms with E-state index in [9.17, 15) is 0 Å². The van der Waals surface area contributed by atoms with E-state index in [2.05, 4.69) is 66.2 Å². The van der Waals surface area contributed by atoms with Gasteiger partial charge in [0.1, 0.15) is 0 Å². The highest BCUT2D eigenvalue weighted by molar-refractivity contribution is 7.26. The maximum atomic E-state index is 2.52. The highest BCUT2D eigenvalue weighted by Crippen LogP contribution is 2.43. The van der Waals surface area contributed by atoms with Gasteiger partial charge >= 0.3 is 0 Å². The lowest BCUT2D eigenvalue weighted by Gasteiger charge is -2.22. The van der Waals surface area contributed by atoms with Gasteiger partial charge in [0.05, 0.1) is 0 Å². The molecule has 1 fully saturated rings. The van der Waals surface area contributed by atoms with Crippen LogP contribution in [0.15, 0.2) is 54.6 Å². The van der Waals surface area contributed by atoms with Crippen molar-refractivity contribution in [1.82, 2.24) is 4.57 Å². The van der Waals surface area contributed by atoms with Crippen molar-refractivity contribution in [3.8, 4) is 0 Å². The first kappa shape index (κ1) is 15.7. The van der Waals surface area contributed by atoms with Crippen molar-refractivity contribution in [3.63, 3.8) is 0 Å². The Balaban J connectivity index is 1.72. The van der Waals surface area contributed by atoms with Crippen molar-refractivity contribution in [3.05, 3.63) is 60.2 Å². The number of nitrogens with zero attached hydrogens (tertiary/aromatic N) is 1. The largest absolute Gasteiger partial charge is 0.344 e. The highest BCUT2D eigenvalue weighted by Gasteiger charge is 2.19. The summed E-state index contributed by atoms with van der Waals surface area (Å²) in [6.07, 6.45) is 6.91. The van der Waals surface area contributed by atoms with Crippen LogP contribution < -0.4 is 0 Å². The second-order valence-corrected chi connectivity index (χ2v) is 9.19. The Labute approximate surface area is 163 Å². The van der Waals surface area contributed by atoms with Gasteiger partial charge in [0.2, 0.25) is 0 Å². The molecule has 2 heterocycles. The second-order valence-electron chi connectivity index (χ2n) is 8.10. The summed E-state index contributed by atoms with van der Waals surface area (Å²) in [6.45, 7) is 0. The van der Waals surface area contributed by atoms with Crippen molar-refractivity contribution >= 4 is 53.3 Å². The fraction of sp³-hybridized carbons (Fsp3) is 0.280. The molecule has 0 radical (unpaired) electrons. The van der Waals surface area contributed by atoms with E-state index in [1.807, 2.05) is 11.3 Å². The molecule has 1 nitrogen and oxygen atoms in total. The van der Waals surface area contributed by atoms with Crippen LogP contribution in [0.5, 0.6) is 0 Å². The summed E-state index contributed by atoms with van der Waals surface area (Å²) in [5.41, 5.74) is 4.22. The molecular weight excluding hydrogens is 346 g/mol. The van der Waals surface area contributed by atoms with Crippen LogP contribution >= 0.6 is 11.3 Å². The third kappa shape index (κ3) is 2.23. The molecule has 2 heteroatoms. The minimum Gasteiger partial charge on any atom is -0.344 e. The molecule has 3 aromatic carbocycles. The maximum Gasteiger partial charge on any atom is 0.0496 e. The highest BCUT2D eigenvalue weighted by atomic mass is 32.1. The molecule has 0 saturated heterocycles. The molecule has 0 spiro atoms. The molecule has 0 bridgehead atoms. The van der Waals surface area contributed by atoms with Crippen molar-refractivity contribution < 1.29 is 0 Å². The molecule has 0 amide bonds. The van der Waals surface area contributed by atoms with Crippen LogP contribution in [0, 0.1) is 0 Å². The van der Waals surface area contributed by atoms with E-state index in [0.29, 0.717) is 0 Å². The van der Waals surface area contributed by atoms with Gasteiger partial charge in [0, 0.05) is 49.0 Å². The zero-order chi connectivity index (χ0) is 18.0. The Morgan fingerprint density at radius 1 is 0.778 bits per heavy atom. The van der Waals surface area contributed by atoms with Gasteiger partial charge in [-0.1, -0.05) is 43.5 Å². The van der Waals surface area contributed by atoms with Crippen molar-refractivity contribution in [2.45, 2.75) is 38.0 Å². The van der Waals surface area contributed by atoms with Crippen LogP contribution in [-0.2, 0) is 7.05 Å². The lowest BCUT2D eigenvalue weighted by Crippen LogP contribution is -2.03. The third-order valence-corrected chi connectivity index (χ3v) is 7.75. The predicted molar refractivity (Wildman–Crippen MR) is 119 cm³/mol. The minimum absolute atomic E-state index is 0.754. The van der Waals surface area contributed by atoms with E-state index >= 15 is 0 Å². The fourth-order valence-electron chi connectivity index (χ4n) is 5.22. The van der Waals surface area contributed by atoms with E-state index in [0.717, 1.165) is 5.92 Å². The van der Waals surface area contributed by atoms with E-state index in [1.54, 1.807) is 5.56 Å². The monoisotopic (exact) mass is 369 g/mol. The predicted octanol–water partition coefficient (Wildman–Crippen LogP) is 7.75. The smallest absolute Gasteiger partial charge is 0.0496 e. The van der Waals surface area contributed by atoms with E-state index in [1.165, 1.54) is 74.1 Å². The molecule has 134 valence electrons. The molecule has 1 saturated carbocycles. The van der Waals surface area contributed by atoms with E-state index in [4.69, 9.17) is 0 Å². The molecule has 5 aromatic rings. The molecule has 1 aliphatic carbocycles. The van der Waals surface area contributed by atoms with Crippen LogP contribution in [0.3, 0.4) is 0 Å². The number of aromatic nitrogens is 1. The maximum absolute atomic E-state index is 2.52. The normalized spacial score (nSPS) is 16.2. The number of fused-ring (bicyclic) bond motifs is 7. The molecule has 0 N–H and O–H groups in total. The second kappa shape index (κ2) is 5.84. The number of hydrogen-bond donors (Lipinski definition) is 0. The topological polar surface area (TPSA) is 4.93 Å². The van der Waals surface area contributed by atoms with Gasteiger partial charge in [0.15, 0.2) is 0 Å². The molecule has 1 aliphatic rings. The Hall–Kier alpha value is -2.32. The average molecular weight is 370 g/mol. The summed E-state index contributed by atoms with van der Waals surface area (Å²) in [7, 11) is 2.19. The van der Waals surface area contributed by atoms with Crippen molar-refractivity contribution in [2.75, 3.05) is 0 Å². The van der Waals surface area contributed by atoms with Crippen LogP contribution in [0.4, 0.5) is 0 Å². The number of para-hydroxylation sites is 1. The first-order valence-electron chi connectivity index (χ1n) is 10.1. The van der Waals surface area contributed by atoms with Gasteiger partial charge in [-0.15, -0.1) is 11.3 Å². The number of benzene rings is 3. The minimum atomic E-state index is 0.754. The van der Waals surface area contributed by atoms with Crippen LogP contribution in [0.1, 0.15) is 43.6 Å². The summed E-state index contributed by atoms with van der Waals surface area (Å²) in [5, 5.41) is 5.72. The zero-order valence-electron chi connectivity index (χ0n) is 15.7.